The molecule has 0 saturated carbocycles. The predicted molar refractivity (Wildman–Crippen MR) is 79.2 cm³/mol. The van der Waals surface area contributed by atoms with Crippen LogP contribution in [0.3, 0.4) is 0 Å². The van der Waals surface area contributed by atoms with Gasteiger partial charge < -0.3 is 20.6 Å². The molecular weight excluding hydrogens is 272 g/mol. The molecule has 21 heavy (non-hydrogen) atoms. The summed E-state index contributed by atoms with van der Waals surface area (Å²) in [6, 6.07) is -0.0602. The van der Waals surface area contributed by atoms with Crippen LogP contribution in [-0.2, 0) is 9.53 Å². The maximum absolute atomic E-state index is 12.4. The lowest BCUT2D eigenvalue weighted by Crippen LogP contribution is -2.56. The number of rotatable bonds is 4. The summed E-state index contributed by atoms with van der Waals surface area (Å²) in [6.07, 6.45) is 2.48. The zero-order valence-electron chi connectivity index (χ0n) is 12.9. The zero-order chi connectivity index (χ0) is 15.4. The highest BCUT2D eigenvalue weighted by Gasteiger charge is 2.34. The van der Waals surface area contributed by atoms with Crippen LogP contribution in [-0.4, -0.2) is 71.2 Å². The number of hydrogen-bond donors (Lipinski definition) is 2. The lowest BCUT2D eigenvalue weighted by molar-refractivity contribution is -0.144. The van der Waals surface area contributed by atoms with Crippen LogP contribution in [0.5, 0.6) is 0 Å². The number of carbonyl (C=O) groups excluding carboxylic acids is 1. The summed E-state index contributed by atoms with van der Waals surface area (Å²) in [5.74, 6) is 0.348. The van der Waals surface area contributed by atoms with Crippen LogP contribution in [0, 0.1) is 0 Å². The van der Waals surface area contributed by atoms with Gasteiger partial charge in [0.2, 0.25) is 0 Å². The zero-order valence-corrected chi connectivity index (χ0v) is 12.9. The Hall–Kier alpha value is -1.34. The van der Waals surface area contributed by atoms with Gasteiger partial charge in [0.15, 0.2) is 5.84 Å². The Morgan fingerprint density at radius 2 is 2.05 bits per heavy atom. The second kappa shape index (κ2) is 7.09. The van der Waals surface area contributed by atoms with E-state index in [0.29, 0.717) is 13.1 Å². The third-order valence-electron chi connectivity index (χ3n) is 4.42. The Balaban J connectivity index is 1.86. The van der Waals surface area contributed by atoms with Crippen LogP contribution in [0.15, 0.2) is 5.16 Å². The minimum atomic E-state index is -0.266. The van der Waals surface area contributed by atoms with Crippen molar-refractivity contribution in [3.63, 3.8) is 0 Å². The molecule has 2 aliphatic rings. The standard InChI is InChI=1S/C14H26N4O3/c1-3-11(13(15)16-20)17-6-8-18(9-7-17)14(19)12-5-4-10(2)21-12/h10-12,20H,3-9H2,1-2H3,(H2,15,16). The molecule has 2 heterocycles. The first kappa shape index (κ1) is 16.0. The SMILES string of the molecule is CCC(C(N)=NO)N1CCN(C(=O)C2CCC(C)O2)CC1. The monoisotopic (exact) mass is 298 g/mol. The van der Waals surface area contributed by atoms with Crippen molar-refractivity contribution in [2.24, 2.45) is 10.9 Å². The van der Waals surface area contributed by atoms with Crippen LogP contribution in [0.1, 0.15) is 33.1 Å². The van der Waals surface area contributed by atoms with Gasteiger partial charge in [-0.15, -0.1) is 0 Å². The largest absolute Gasteiger partial charge is 0.409 e. The number of piperazine rings is 1. The molecule has 2 rings (SSSR count). The van der Waals surface area contributed by atoms with Crippen molar-refractivity contribution in [3.8, 4) is 0 Å². The van der Waals surface area contributed by atoms with Crippen molar-refractivity contribution in [3.05, 3.63) is 0 Å². The van der Waals surface area contributed by atoms with Crippen LogP contribution in [0.25, 0.3) is 0 Å². The fourth-order valence-electron chi connectivity index (χ4n) is 3.16. The van der Waals surface area contributed by atoms with Gasteiger partial charge in [0, 0.05) is 26.2 Å². The number of nitrogens with zero attached hydrogens (tertiary/aromatic N) is 3. The highest BCUT2D eigenvalue weighted by atomic mass is 16.5. The smallest absolute Gasteiger partial charge is 0.251 e. The molecule has 0 aromatic heterocycles. The fraction of sp³-hybridized carbons (Fsp3) is 0.857. The van der Waals surface area contributed by atoms with E-state index in [1.165, 1.54) is 0 Å². The number of carbonyl (C=O) groups is 1. The van der Waals surface area contributed by atoms with Gasteiger partial charge in [-0.3, -0.25) is 9.69 Å². The average molecular weight is 298 g/mol. The van der Waals surface area contributed by atoms with Gasteiger partial charge in [0.1, 0.15) is 6.10 Å². The molecule has 3 N–H and O–H groups in total. The van der Waals surface area contributed by atoms with Gasteiger partial charge in [-0.1, -0.05) is 12.1 Å². The Morgan fingerprint density at radius 3 is 2.52 bits per heavy atom. The van der Waals surface area contributed by atoms with Crippen LogP contribution in [0.2, 0.25) is 0 Å². The summed E-state index contributed by atoms with van der Waals surface area (Å²) in [4.78, 5) is 16.4. The summed E-state index contributed by atoms with van der Waals surface area (Å²) in [5, 5.41) is 11.9. The van der Waals surface area contributed by atoms with E-state index in [-0.39, 0.29) is 30.0 Å². The molecule has 3 unspecified atom stereocenters. The van der Waals surface area contributed by atoms with E-state index in [2.05, 4.69) is 10.1 Å². The summed E-state index contributed by atoms with van der Waals surface area (Å²) in [7, 11) is 0. The van der Waals surface area contributed by atoms with Gasteiger partial charge in [0.25, 0.3) is 5.91 Å². The second-order valence-corrected chi connectivity index (χ2v) is 5.82. The lowest BCUT2D eigenvalue weighted by Gasteiger charge is -2.39. The highest BCUT2D eigenvalue weighted by molar-refractivity contribution is 5.85. The topological polar surface area (TPSA) is 91.4 Å². The van der Waals surface area contributed by atoms with E-state index >= 15 is 0 Å². The molecule has 0 bridgehead atoms. The van der Waals surface area contributed by atoms with E-state index in [4.69, 9.17) is 15.7 Å². The minimum Gasteiger partial charge on any atom is -0.409 e. The quantitative estimate of drug-likeness (QED) is 0.335. The summed E-state index contributed by atoms with van der Waals surface area (Å²) in [6.45, 7) is 6.83. The summed E-state index contributed by atoms with van der Waals surface area (Å²) in [5.41, 5.74) is 5.73. The maximum Gasteiger partial charge on any atom is 0.251 e. The molecule has 0 spiro atoms. The average Bonchev–Trinajstić information content (AvgIpc) is 2.94. The first-order chi connectivity index (χ1) is 10.1. The maximum atomic E-state index is 12.4. The Bertz CT molecular complexity index is 394. The first-order valence-electron chi connectivity index (χ1n) is 7.72. The molecular formula is C14H26N4O3. The van der Waals surface area contributed by atoms with E-state index < -0.39 is 0 Å². The van der Waals surface area contributed by atoms with E-state index in [0.717, 1.165) is 32.4 Å². The van der Waals surface area contributed by atoms with Crippen LogP contribution in [0.4, 0.5) is 0 Å². The lowest BCUT2D eigenvalue weighted by atomic mass is 10.1. The Morgan fingerprint density at radius 1 is 1.38 bits per heavy atom. The van der Waals surface area contributed by atoms with Crippen LogP contribution >= 0.6 is 0 Å². The molecule has 0 aliphatic carbocycles. The normalized spacial score (nSPS) is 29.6. The number of oxime groups is 1. The third kappa shape index (κ3) is 3.65. The van der Waals surface area contributed by atoms with Crippen molar-refractivity contribution < 1.29 is 14.7 Å². The van der Waals surface area contributed by atoms with Crippen molar-refractivity contribution in [2.75, 3.05) is 26.2 Å². The summed E-state index contributed by atoms with van der Waals surface area (Å²) < 4.78 is 5.65. The van der Waals surface area contributed by atoms with Crippen LogP contribution < -0.4 is 5.73 Å². The van der Waals surface area contributed by atoms with E-state index in [9.17, 15) is 4.79 Å². The molecule has 0 radical (unpaired) electrons. The molecule has 7 nitrogen and oxygen atoms in total. The number of hydrogen-bond acceptors (Lipinski definition) is 5. The third-order valence-corrected chi connectivity index (χ3v) is 4.42. The van der Waals surface area contributed by atoms with Crippen molar-refractivity contribution >= 4 is 11.7 Å². The number of ether oxygens (including phenoxy) is 1. The van der Waals surface area contributed by atoms with Gasteiger partial charge >= 0.3 is 0 Å². The van der Waals surface area contributed by atoms with Gasteiger partial charge in [-0.2, -0.15) is 0 Å². The molecule has 1 amide bonds. The molecule has 0 aromatic rings. The van der Waals surface area contributed by atoms with Crippen molar-refractivity contribution in [1.82, 2.24) is 9.80 Å². The van der Waals surface area contributed by atoms with Crippen molar-refractivity contribution in [2.45, 2.75) is 51.4 Å². The van der Waals surface area contributed by atoms with Crippen molar-refractivity contribution in [1.29, 1.82) is 0 Å². The molecule has 0 aromatic carbocycles. The second-order valence-electron chi connectivity index (χ2n) is 5.82. The number of amidine groups is 1. The number of amides is 1. The van der Waals surface area contributed by atoms with Gasteiger partial charge in [-0.25, -0.2) is 0 Å². The van der Waals surface area contributed by atoms with E-state index in [1.54, 1.807) is 0 Å². The number of nitrogens with two attached hydrogens (primary N) is 1. The molecule has 120 valence electrons. The van der Waals surface area contributed by atoms with E-state index in [1.807, 2.05) is 18.7 Å². The molecule has 2 aliphatic heterocycles. The first-order valence-corrected chi connectivity index (χ1v) is 7.72. The van der Waals surface area contributed by atoms with Gasteiger partial charge in [0.05, 0.1) is 12.1 Å². The molecule has 2 saturated heterocycles. The molecule has 3 atom stereocenters. The Labute approximate surface area is 125 Å². The molecule has 2 fully saturated rings. The Kier molecular flexibility index (Phi) is 5.41. The van der Waals surface area contributed by atoms with Gasteiger partial charge in [-0.05, 0) is 26.2 Å². The molecule has 7 heteroatoms. The minimum absolute atomic E-state index is 0.0602. The highest BCUT2D eigenvalue weighted by Crippen LogP contribution is 2.21. The predicted octanol–water partition coefficient (Wildman–Crippen LogP) is 0.223. The fourth-order valence-corrected chi connectivity index (χ4v) is 3.16. The summed E-state index contributed by atoms with van der Waals surface area (Å²) >= 11 is 0.